The van der Waals surface area contributed by atoms with Gasteiger partial charge in [-0.25, -0.2) is 4.57 Å². The first kappa shape index (κ1) is 54.8. The molecule has 264 valence electrons. The number of rotatable bonds is 30. The molecule has 0 fully saturated rings. The standard InChI is InChI=1S/C36H66O3.2K.H3O4P.2H/c1-3-5-7-9-11-13-15-17-19-21-23-25-27-29-31-33-35(37)39-36(38)34-32-30-28-26-24-22-20-18-16-14-12-10-8-6-4-2;;;1-5(2,3)4;;/h17-20H,3-16,21-34H2,1-2H3;;;(H3,1,2,3,4);;. The molecule has 0 heterocycles. The minimum absolute atomic E-state index is 0. The van der Waals surface area contributed by atoms with Gasteiger partial charge in [0.05, 0.1) is 0 Å². The van der Waals surface area contributed by atoms with E-state index in [1.54, 1.807) is 0 Å². The number of hydrogen-bond acceptors (Lipinski definition) is 4. The van der Waals surface area contributed by atoms with E-state index in [1.165, 1.54) is 128 Å². The summed E-state index contributed by atoms with van der Waals surface area (Å²) in [5.41, 5.74) is 0. The quantitative estimate of drug-likeness (QED) is 0.0168. The van der Waals surface area contributed by atoms with Gasteiger partial charge in [-0.3, -0.25) is 9.59 Å². The number of esters is 2. The Kier molecular flexibility index (Phi) is 53.6. The van der Waals surface area contributed by atoms with Crippen molar-refractivity contribution in [1.29, 1.82) is 0 Å². The van der Waals surface area contributed by atoms with Crippen molar-refractivity contribution < 1.29 is 33.6 Å². The second-order valence-electron chi connectivity index (χ2n) is 12.0. The van der Waals surface area contributed by atoms with Crippen molar-refractivity contribution in [3.63, 3.8) is 0 Å². The molecule has 0 aliphatic rings. The van der Waals surface area contributed by atoms with Crippen molar-refractivity contribution in [1.82, 2.24) is 0 Å². The Morgan fingerprint density at radius 1 is 0.457 bits per heavy atom. The SMILES string of the molecule is CCCCCCCCC=CCCCCCCCC(=O)OC(=O)CCCCCCCC=CCCCCCCCC.O=P(O)(O)O.[KH].[KH]. The molecule has 0 amide bonds. The number of unbranched alkanes of at least 4 members (excludes halogenated alkanes) is 22. The van der Waals surface area contributed by atoms with Crippen LogP contribution in [0.1, 0.15) is 194 Å². The van der Waals surface area contributed by atoms with Gasteiger partial charge < -0.3 is 19.4 Å². The summed E-state index contributed by atoms with van der Waals surface area (Å²) in [6, 6.07) is 0. The molecule has 0 aliphatic carbocycles. The van der Waals surface area contributed by atoms with Crippen LogP contribution in [0.4, 0.5) is 0 Å². The first-order valence-electron chi connectivity index (χ1n) is 18.0. The van der Waals surface area contributed by atoms with Gasteiger partial charge in [0.2, 0.25) is 0 Å². The molecule has 0 aliphatic heterocycles. The molecule has 0 bridgehead atoms. The van der Waals surface area contributed by atoms with E-state index < -0.39 is 7.82 Å². The maximum atomic E-state index is 11.9. The van der Waals surface area contributed by atoms with Crippen molar-refractivity contribution in [2.24, 2.45) is 0 Å². The predicted octanol–water partition coefficient (Wildman–Crippen LogP) is 9.91. The Labute approximate surface area is 368 Å². The number of ether oxygens (including phenoxy) is 1. The van der Waals surface area contributed by atoms with E-state index in [0.29, 0.717) is 12.8 Å². The van der Waals surface area contributed by atoms with Crippen LogP contribution in [0.25, 0.3) is 0 Å². The van der Waals surface area contributed by atoms with Crippen LogP contribution in [0.3, 0.4) is 0 Å². The molecule has 0 aromatic heterocycles. The fourth-order valence-electron chi connectivity index (χ4n) is 4.91. The van der Waals surface area contributed by atoms with E-state index in [1.807, 2.05) is 0 Å². The topological polar surface area (TPSA) is 121 Å². The number of phosphoric acid groups is 1. The third-order valence-electron chi connectivity index (χ3n) is 7.51. The van der Waals surface area contributed by atoms with E-state index in [9.17, 15) is 9.59 Å². The van der Waals surface area contributed by atoms with Gasteiger partial charge in [0.1, 0.15) is 0 Å². The van der Waals surface area contributed by atoms with Gasteiger partial charge in [0.25, 0.3) is 0 Å². The fraction of sp³-hybridized carbons (Fsp3) is 0.833. The van der Waals surface area contributed by atoms with Crippen LogP contribution in [-0.4, -0.2) is 129 Å². The number of carbonyl (C=O) groups is 2. The first-order valence-corrected chi connectivity index (χ1v) is 19.6. The van der Waals surface area contributed by atoms with Crippen molar-refractivity contribution in [3.8, 4) is 0 Å². The number of carbonyl (C=O) groups excluding carboxylic acids is 2. The van der Waals surface area contributed by atoms with Crippen LogP contribution >= 0.6 is 7.82 Å². The summed E-state index contributed by atoms with van der Waals surface area (Å²) >= 11 is 0. The molecule has 0 saturated carbocycles. The van der Waals surface area contributed by atoms with Gasteiger partial charge in [-0.2, -0.15) is 0 Å². The summed E-state index contributed by atoms with van der Waals surface area (Å²) < 4.78 is 13.9. The third kappa shape index (κ3) is 58.2. The average molecular weight is 725 g/mol. The minimum atomic E-state index is -4.64. The molecule has 0 aromatic rings. The van der Waals surface area contributed by atoms with Gasteiger partial charge in [-0.05, 0) is 64.2 Å². The molecule has 3 N–H and O–H groups in total. The summed E-state index contributed by atoms with van der Waals surface area (Å²) in [5.74, 6) is -0.684. The molecular formula is C36H71K2O7P. The molecule has 0 aromatic carbocycles. The average Bonchev–Trinajstić information content (AvgIpc) is 2.96. The Morgan fingerprint density at radius 2 is 0.674 bits per heavy atom. The molecule has 0 radical (unpaired) electrons. The molecule has 46 heavy (non-hydrogen) atoms. The summed E-state index contributed by atoms with van der Waals surface area (Å²) in [6.07, 6.45) is 42.2. The van der Waals surface area contributed by atoms with Crippen LogP contribution in [0.15, 0.2) is 24.3 Å². The Hall–Kier alpha value is 2.00. The zero-order valence-electron chi connectivity index (χ0n) is 28.5. The van der Waals surface area contributed by atoms with E-state index in [-0.39, 0.29) is 115 Å². The van der Waals surface area contributed by atoms with Crippen LogP contribution in [0.2, 0.25) is 0 Å². The zero-order valence-corrected chi connectivity index (χ0v) is 29.4. The van der Waals surface area contributed by atoms with Crippen LogP contribution in [0, 0.1) is 0 Å². The molecule has 0 saturated heterocycles. The summed E-state index contributed by atoms with van der Waals surface area (Å²) in [7, 11) is -4.64. The van der Waals surface area contributed by atoms with E-state index in [0.717, 1.165) is 38.5 Å². The van der Waals surface area contributed by atoms with Crippen molar-refractivity contribution in [2.45, 2.75) is 194 Å². The van der Waals surface area contributed by atoms with E-state index in [4.69, 9.17) is 24.0 Å². The number of hydrogen-bond donors (Lipinski definition) is 3. The van der Waals surface area contributed by atoms with Crippen LogP contribution < -0.4 is 0 Å². The predicted molar refractivity (Wildman–Crippen MR) is 199 cm³/mol. The van der Waals surface area contributed by atoms with Crippen molar-refractivity contribution in [3.05, 3.63) is 24.3 Å². The van der Waals surface area contributed by atoms with E-state index in [2.05, 4.69) is 38.2 Å². The summed E-state index contributed by atoms with van der Waals surface area (Å²) in [5, 5.41) is 0. The number of allylic oxidation sites excluding steroid dienone is 4. The molecule has 0 rings (SSSR count). The first-order chi connectivity index (χ1) is 21.2. The van der Waals surface area contributed by atoms with E-state index >= 15 is 0 Å². The zero-order chi connectivity index (χ0) is 33.0. The maximum absolute atomic E-state index is 11.9. The normalized spacial score (nSPS) is 11.2. The molecule has 0 unspecified atom stereocenters. The second kappa shape index (κ2) is 45.0. The van der Waals surface area contributed by atoms with Gasteiger partial charge in [0.15, 0.2) is 0 Å². The molecular weight excluding hydrogens is 654 g/mol. The van der Waals surface area contributed by atoms with Crippen molar-refractivity contribution in [2.75, 3.05) is 0 Å². The molecule has 0 spiro atoms. The molecule has 0 atom stereocenters. The van der Waals surface area contributed by atoms with Crippen molar-refractivity contribution >= 4 is 123 Å². The third-order valence-corrected chi connectivity index (χ3v) is 7.51. The van der Waals surface area contributed by atoms with Gasteiger partial charge in [-0.15, -0.1) is 0 Å². The Morgan fingerprint density at radius 3 is 0.935 bits per heavy atom. The fourth-order valence-corrected chi connectivity index (χ4v) is 4.91. The van der Waals surface area contributed by atoms with Gasteiger partial charge in [-0.1, -0.05) is 141 Å². The van der Waals surface area contributed by atoms with Gasteiger partial charge >= 0.3 is 123 Å². The Balaban J connectivity index is -0.00000116. The monoisotopic (exact) mass is 724 g/mol. The van der Waals surface area contributed by atoms with Gasteiger partial charge in [0, 0.05) is 12.8 Å². The summed E-state index contributed by atoms with van der Waals surface area (Å²) in [4.78, 5) is 45.3. The van der Waals surface area contributed by atoms with Crippen LogP contribution in [-0.2, 0) is 18.9 Å². The van der Waals surface area contributed by atoms with Crippen LogP contribution in [0.5, 0.6) is 0 Å². The molecule has 10 heteroatoms. The molecule has 7 nitrogen and oxygen atoms in total. The summed E-state index contributed by atoms with van der Waals surface area (Å²) in [6.45, 7) is 4.53. The second-order valence-corrected chi connectivity index (χ2v) is 13.1. The Bertz CT molecular complexity index is 684.